The van der Waals surface area contributed by atoms with Gasteiger partial charge in [0.25, 0.3) is 0 Å². The molecule has 0 saturated carbocycles. The highest BCUT2D eigenvalue weighted by atomic mass is 16.5. The first-order valence-corrected chi connectivity index (χ1v) is 7.77. The van der Waals surface area contributed by atoms with Gasteiger partial charge in [-0.25, -0.2) is 0 Å². The number of aliphatic hydroxyl groups is 1. The Kier molecular flexibility index (Phi) is 5.06. The molecule has 1 aromatic rings. The molecule has 1 aliphatic heterocycles. The van der Waals surface area contributed by atoms with Crippen molar-refractivity contribution in [2.24, 2.45) is 0 Å². The van der Waals surface area contributed by atoms with E-state index in [1.54, 1.807) is 0 Å². The zero-order valence-corrected chi connectivity index (χ0v) is 12.9. The molecule has 2 unspecified atom stereocenters. The van der Waals surface area contributed by atoms with Gasteiger partial charge in [-0.1, -0.05) is 19.1 Å². The van der Waals surface area contributed by atoms with Gasteiger partial charge in [0.2, 0.25) is 0 Å². The van der Waals surface area contributed by atoms with E-state index in [4.69, 9.17) is 4.74 Å². The summed E-state index contributed by atoms with van der Waals surface area (Å²) in [5, 5.41) is 10.9. The van der Waals surface area contributed by atoms with E-state index in [1.807, 2.05) is 31.2 Å². The SMILES string of the molecule is CCOc1cccc(C(O)C(C)(CC)N2CCCC2)c1. The lowest BCUT2D eigenvalue weighted by Gasteiger charge is -2.42. The molecule has 1 saturated heterocycles. The first-order valence-electron chi connectivity index (χ1n) is 7.77. The molecule has 112 valence electrons. The number of nitrogens with zero attached hydrogens (tertiary/aromatic N) is 1. The van der Waals surface area contributed by atoms with Crippen molar-refractivity contribution in [1.82, 2.24) is 4.90 Å². The van der Waals surface area contributed by atoms with Crippen molar-refractivity contribution in [2.45, 2.75) is 51.7 Å². The Morgan fingerprint density at radius 2 is 2.00 bits per heavy atom. The van der Waals surface area contributed by atoms with Gasteiger partial charge in [-0.3, -0.25) is 4.90 Å². The van der Waals surface area contributed by atoms with E-state index in [-0.39, 0.29) is 5.54 Å². The van der Waals surface area contributed by atoms with Gasteiger partial charge in [0.15, 0.2) is 0 Å². The fraction of sp³-hybridized carbons (Fsp3) is 0.647. The molecule has 2 rings (SSSR count). The molecule has 1 aliphatic rings. The maximum Gasteiger partial charge on any atom is 0.119 e. The van der Waals surface area contributed by atoms with Crippen LogP contribution in [0.5, 0.6) is 5.75 Å². The molecule has 20 heavy (non-hydrogen) atoms. The minimum Gasteiger partial charge on any atom is -0.494 e. The number of aliphatic hydroxyl groups excluding tert-OH is 1. The average Bonchev–Trinajstić information content (AvgIpc) is 3.01. The average molecular weight is 277 g/mol. The Bertz CT molecular complexity index is 429. The summed E-state index contributed by atoms with van der Waals surface area (Å²) in [5.41, 5.74) is 0.758. The zero-order valence-electron chi connectivity index (χ0n) is 12.9. The van der Waals surface area contributed by atoms with Crippen molar-refractivity contribution in [1.29, 1.82) is 0 Å². The molecule has 3 nitrogen and oxygen atoms in total. The Morgan fingerprint density at radius 3 is 2.60 bits per heavy atom. The van der Waals surface area contributed by atoms with Crippen LogP contribution in [0.4, 0.5) is 0 Å². The van der Waals surface area contributed by atoms with Crippen LogP contribution in [-0.4, -0.2) is 35.2 Å². The highest BCUT2D eigenvalue weighted by Crippen LogP contribution is 2.37. The number of hydrogen-bond donors (Lipinski definition) is 1. The normalized spacial score (nSPS) is 20.6. The monoisotopic (exact) mass is 277 g/mol. The summed E-state index contributed by atoms with van der Waals surface area (Å²) in [6, 6.07) is 7.87. The molecule has 0 bridgehead atoms. The lowest BCUT2D eigenvalue weighted by molar-refractivity contribution is -0.0141. The summed E-state index contributed by atoms with van der Waals surface area (Å²) < 4.78 is 5.54. The molecule has 0 aromatic heterocycles. The second kappa shape index (κ2) is 6.59. The first kappa shape index (κ1) is 15.3. The molecule has 0 aliphatic carbocycles. The quantitative estimate of drug-likeness (QED) is 0.865. The summed E-state index contributed by atoms with van der Waals surface area (Å²) in [4.78, 5) is 2.44. The van der Waals surface area contributed by atoms with Gasteiger partial charge in [-0.2, -0.15) is 0 Å². The molecular weight excluding hydrogens is 250 g/mol. The summed E-state index contributed by atoms with van der Waals surface area (Å²) in [6.07, 6.45) is 2.93. The fourth-order valence-electron chi connectivity index (χ4n) is 3.12. The highest BCUT2D eigenvalue weighted by molar-refractivity contribution is 5.31. The molecule has 1 fully saturated rings. The smallest absolute Gasteiger partial charge is 0.119 e. The van der Waals surface area contributed by atoms with Crippen LogP contribution in [0, 0.1) is 0 Å². The van der Waals surface area contributed by atoms with Crippen LogP contribution in [0.25, 0.3) is 0 Å². The summed E-state index contributed by atoms with van der Waals surface area (Å²) in [5.74, 6) is 0.837. The lowest BCUT2D eigenvalue weighted by atomic mass is 9.85. The van der Waals surface area contributed by atoms with Gasteiger partial charge in [-0.15, -0.1) is 0 Å². The molecule has 2 atom stereocenters. The summed E-state index contributed by atoms with van der Waals surface area (Å²) in [6.45, 7) is 9.14. The van der Waals surface area contributed by atoms with E-state index in [0.29, 0.717) is 6.61 Å². The van der Waals surface area contributed by atoms with Gasteiger partial charge in [0.1, 0.15) is 5.75 Å². The molecule has 1 N–H and O–H groups in total. The van der Waals surface area contributed by atoms with Crippen LogP contribution in [0.15, 0.2) is 24.3 Å². The lowest BCUT2D eigenvalue weighted by Crippen LogP contribution is -2.48. The van der Waals surface area contributed by atoms with Crippen LogP contribution < -0.4 is 4.74 Å². The Morgan fingerprint density at radius 1 is 1.30 bits per heavy atom. The standard InChI is InChI=1S/C17H27NO2/c1-4-17(3,18-11-6-7-12-18)16(19)14-9-8-10-15(13-14)20-5-2/h8-10,13,16,19H,4-7,11-12H2,1-3H3. The molecular formula is C17H27NO2. The molecule has 3 heteroatoms. The third-order valence-corrected chi connectivity index (χ3v) is 4.62. The third kappa shape index (κ3) is 2.99. The molecule has 0 spiro atoms. The van der Waals surface area contributed by atoms with Crippen molar-refractivity contribution in [3.63, 3.8) is 0 Å². The van der Waals surface area contributed by atoms with Crippen molar-refractivity contribution in [2.75, 3.05) is 19.7 Å². The third-order valence-electron chi connectivity index (χ3n) is 4.62. The van der Waals surface area contributed by atoms with Crippen LogP contribution in [0.1, 0.15) is 51.7 Å². The zero-order chi connectivity index (χ0) is 14.6. The van der Waals surface area contributed by atoms with E-state index in [9.17, 15) is 5.11 Å². The number of hydrogen-bond acceptors (Lipinski definition) is 3. The fourth-order valence-corrected chi connectivity index (χ4v) is 3.12. The predicted octanol–water partition coefficient (Wildman–Crippen LogP) is 3.38. The van der Waals surface area contributed by atoms with Gasteiger partial charge >= 0.3 is 0 Å². The Balaban J connectivity index is 2.23. The van der Waals surface area contributed by atoms with Crippen molar-refractivity contribution in [3.05, 3.63) is 29.8 Å². The molecule has 1 aromatic carbocycles. The van der Waals surface area contributed by atoms with Gasteiger partial charge in [0.05, 0.1) is 12.7 Å². The van der Waals surface area contributed by atoms with Gasteiger partial charge in [0, 0.05) is 5.54 Å². The summed E-state index contributed by atoms with van der Waals surface area (Å²) in [7, 11) is 0. The van der Waals surface area contributed by atoms with Crippen molar-refractivity contribution < 1.29 is 9.84 Å². The van der Waals surface area contributed by atoms with Crippen LogP contribution in [0.3, 0.4) is 0 Å². The Hall–Kier alpha value is -1.06. The minimum absolute atomic E-state index is 0.193. The maximum atomic E-state index is 10.9. The van der Waals surface area contributed by atoms with E-state index in [2.05, 4.69) is 18.7 Å². The maximum absolute atomic E-state index is 10.9. The summed E-state index contributed by atoms with van der Waals surface area (Å²) >= 11 is 0. The largest absolute Gasteiger partial charge is 0.494 e. The van der Waals surface area contributed by atoms with Gasteiger partial charge < -0.3 is 9.84 Å². The first-order chi connectivity index (χ1) is 9.61. The highest BCUT2D eigenvalue weighted by Gasteiger charge is 2.39. The van der Waals surface area contributed by atoms with Crippen molar-refractivity contribution >= 4 is 0 Å². The van der Waals surface area contributed by atoms with Crippen LogP contribution >= 0.6 is 0 Å². The van der Waals surface area contributed by atoms with Crippen molar-refractivity contribution in [3.8, 4) is 5.75 Å². The molecule has 0 radical (unpaired) electrons. The molecule has 1 heterocycles. The second-order valence-electron chi connectivity index (χ2n) is 5.81. The van der Waals surface area contributed by atoms with Gasteiger partial charge in [-0.05, 0) is 63.9 Å². The van der Waals surface area contributed by atoms with E-state index in [0.717, 1.165) is 30.8 Å². The Labute approximate surface area is 122 Å². The van der Waals surface area contributed by atoms with Crippen LogP contribution in [-0.2, 0) is 0 Å². The topological polar surface area (TPSA) is 32.7 Å². The molecule has 0 amide bonds. The number of ether oxygens (including phenoxy) is 1. The van der Waals surface area contributed by atoms with Crippen LogP contribution in [0.2, 0.25) is 0 Å². The number of benzene rings is 1. The minimum atomic E-state index is -0.481. The van der Waals surface area contributed by atoms with E-state index >= 15 is 0 Å². The van der Waals surface area contributed by atoms with E-state index < -0.39 is 6.10 Å². The van der Waals surface area contributed by atoms with E-state index in [1.165, 1.54) is 12.8 Å². The number of rotatable bonds is 6. The number of likely N-dealkylation sites (tertiary alicyclic amines) is 1. The predicted molar refractivity (Wildman–Crippen MR) is 82.1 cm³/mol. The second-order valence-corrected chi connectivity index (χ2v) is 5.81.